The predicted octanol–water partition coefficient (Wildman–Crippen LogP) is 3.53. The molecule has 2 aromatic heterocycles. The summed E-state index contributed by atoms with van der Waals surface area (Å²) < 4.78 is 49.9. The smallest absolute Gasteiger partial charge is 0.422 e. The van der Waals surface area contributed by atoms with Gasteiger partial charge in [-0.2, -0.15) is 28.1 Å². The Balaban J connectivity index is 1.08. The number of amides is 3. The topological polar surface area (TPSA) is 229 Å². The van der Waals surface area contributed by atoms with E-state index in [-0.39, 0.29) is 23.1 Å². The fraction of sp³-hybridized carbons (Fsp3) is 0.257. The number of nitrogens with one attached hydrogen (secondary N) is 5. The molecule has 57 heavy (non-hydrogen) atoms. The molecule has 2 heterocycles. The molecule has 1 aliphatic carbocycles. The molecular weight excluding hydrogens is 777 g/mol. The largest absolute Gasteiger partial charge is 0.467 e. The highest BCUT2D eigenvalue weighted by Crippen LogP contribution is 2.48. The molecule has 0 bridgehead atoms. The van der Waals surface area contributed by atoms with Crippen molar-refractivity contribution in [3.63, 3.8) is 0 Å². The molecule has 0 saturated heterocycles. The molecule has 3 aromatic carbocycles. The first-order chi connectivity index (χ1) is 27.2. The number of methoxy groups -OCH3 is 1. The summed E-state index contributed by atoms with van der Waals surface area (Å²) in [6.45, 7) is -2.13. The van der Waals surface area contributed by atoms with E-state index in [1.54, 1.807) is 43.4 Å². The molecule has 1 aliphatic rings. The molecule has 5 N–H and O–H groups in total. The Kier molecular flexibility index (Phi) is 11.8. The normalized spacial score (nSPS) is 13.4. The summed E-state index contributed by atoms with van der Waals surface area (Å²) in [5.41, 5.74) is 1.56. The standard InChI is InChI=1S/C35H32ClF3N12O6/c1-51-26(48-49-50-51)20-4-3-5-24(16-20)41-29(54)28(53)40-17-25(30(55)56-2)43-27(52)19-6-12-23(13-7-19)42-31-44-32(46-33(45-31)57-18-35(37,38)39)47-34(14-15-34)21-8-10-22(36)11-9-21/h3-13,16,25H,14-15,17-18H2,1-2H3,(H,40,53)(H,41,54)(H,43,52)(H2,42,44,45,46,47)/t25-/m0/s1. The molecule has 0 radical (unpaired) electrons. The summed E-state index contributed by atoms with van der Waals surface area (Å²) in [4.78, 5) is 63.2. The van der Waals surface area contributed by atoms with Crippen LogP contribution in [-0.2, 0) is 31.7 Å². The van der Waals surface area contributed by atoms with Crippen molar-refractivity contribution in [3.05, 3.63) is 88.9 Å². The number of rotatable bonds is 14. The Morgan fingerprint density at radius 2 is 1.65 bits per heavy atom. The molecular formula is C35H32ClF3N12O6. The third-order valence-corrected chi connectivity index (χ3v) is 8.60. The number of anilines is 4. The van der Waals surface area contributed by atoms with Crippen LogP contribution in [0.5, 0.6) is 6.01 Å². The number of esters is 1. The summed E-state index contributed by atoms with van der Waals surface area (Å²) in [5, 5.41) is 25.0. The second-order valence-electron chi connectivity index (χ2n) is 12.5. The Morgan fingerprint density at radius 3 is 2.30 bits per heavy atom. The van der Waals surface area contributed by atoms with Gasteiger partial charge in [-0.1, -0.05) is 35.9 Å². The minimum Gasteiger partial charge on any atom is -0.467 e. The number of nitrogens with zero attached hydrogens (tertiary/aromatic N) is 7. The highest BCUT2D eigenvalue weighted by atomic mass is 35.5. The quantitative estimate of drug-likeness (QED) is 0.0799. The van der Waals surface area contributed by atoms with Crippen LogP contribution >= 0.6 is 11.6 Å². The third-order valence-electron chi connectivity index (χ3n) is 8.34. The minimum atomic E-state index is -4.65. The Bertz CT molecular complexity index is 2270. The van der Waals surface area contributed by atoms with E-state index in [0.29, 0.717) is 34.9 Å². The number of carbonyl (C=O) groups excluding carboxylic acids is 4. The van der Waals surface area contributed by atoms with Gasteiger partial charge in [-0.25, -0.2) is 9.48 Å². The minimum absolute atomic E-state index is 0.0446. The van der Waals surface area contributed by atoms with Crippen molar-refractivity contribution in [1.82, 2.24) is 45.8 Å². The highest BCUT2D eigenvalue weighted by Gasteiger charge is 2.45. The zero-order valence-corrected chi connectivity index (χ0v) is 30.7. The maximum Gasteiger partial charge on any atom is 0.422 e. The maximum atomic E-state index is 13.1. The van der Waals surface area contributed by atoms with Gasteiger partial charge in [-0.05, 0) is 77.4 Å². The number of benzene rings is 3. The average molecular weight is 809 g/mol. The van der Waals surface area contributed by atoms with Crippen LogP contribution in [0.2, 0.25) is 5.02 Å². The molecule has 3 amide bonds. The molecule has 22 heteroatoms. The molecule has 1 fully saturated rings. The Morgan fingerprint density at radius 1 is 0.930 bits per heavy atom. The van der Waals surface area contributed by atoms with Crippen LogP contribution in [-0.4, -0.2) is 91.3 Å². The maximum absolute atomic E-state index is 13.1. The van der Waals surface area contributed by atoms with E-state index in [1.807, 2.05) is 12.1 Å². The van der Waals surface area contributed by atoms with Crippen molar-refractivity contribution in [3.8, 4) is 17.4 Å². The van der Waals surface area contributed by atoms with Gasteiger partial charge in [0.2, 0.25) is 11.9 Å². The van der Waals surface area contributed by atoms with Gasteiger partial charge in [0.05, 0.1) is 12.6 Å². The summed E-state index contributed by atoms with van der Waals surface area (Å²) in [6, 6.07) is 17.2. The van der Waals surface area contributed by atoms with Crippen molar-refractivity contribution < 1.29 is 41.8 Å². The van der Waals surface area contributed by atoms with Gasteiger partial charge in [-0.15, -0.1) is 5.10 Å². The fourth-order valence-electron chi connectivity index (χ4n) is 5.36. The SMILES string of the molecule is COC(=O)[C@H](CNC(=O)C(=O)Nc1cccc(-c2nnnn2C)c1)NC(=O)c1ccc(Nc2nc(NC3(c4ccc(Cl)cc4)CC3)nc(OCC(F)(F)F)n2)cc1. The molecule has 1 saturated carbocycles. The van der Waals surface area contributed by atoms with E-state index < -0.39 is 60.6 Å². The number of aryl methyl sites for hydroxylation is 1. The van der Waals surface area contributed by atoms with Crippen molar-refractivity contribution >= 4 is 58.6 Å². The first kappa shape index (κ1) is 39.8. The van der Waals surface area contributed by atoms with E-state index in [1.165, 1.54) is 28.9 Å². The first-order valence-electron chi connectivity index (χ1n) is 16.9. The zero-order valence-electron chi connectivity index (χ0n) is 29.9. The van der Waals surface area contributed by atoms with Crippen LogP contribution in [0.4, 0.5) is 36.4 Å². The van der Waals surface area contributed by atoms with Gasteiger partial charge in [0.25, 0.3) is 5.91 Å². The van der Waals surface area contributed by atoms with Gasteiger partial charge in [0, 0.05) is 41.1 Å². The molecule has 5 aromatic rings. The Labute approximate surface area is 325 Å². The molecule has 1 atom stereocenters. The van der Waals surface area contributed by atoms with Crippen molar-refractivity contribution in [2.75, 3.05) is 36.2 Å². The van der Waals surface area contributed by atoms with Crippen LogP contribution < -0.4 is 31.3 Å². The summed E-state index contributed by atoms with van der Waals surface area (Å²) >= 11 is 6.03. The lowest BCUT2D eigenvalue weighted by Gasteiger charge is -2.19. The molecule has 0 unspecified atom stereocenters. The summed E-state index contributed by atoms with van der Waals surface area (Å²) in [7, 11) is 2.72. The lowest BCUT2D eigenvalue weighted by molar-refractivity contribution is -0.154. The van der Waals surface area contributed by atoms with E-state index in [0.717, 1.165) is 12.7 Å². The monoisotopic (exact) mass is 808 g/mol. The van der Waals surface area contributed by atoms with Crippen molar-refractivity contribution in [2.45, 2.75) is 30.6 Å². The van der Waals surface area contributed by atoms with E-state index in [9.17, 15) is 32.3 Å². The van der Waals surface area contributed by atoms with Crippen LogP contribution in [0.25, 0.3) is 11.4 Å². The average Bonchev–Trinajstić information content (AvgIpc) is 3.83. The molecule has 296 valence electrons. The number of ether oxygens (including phenoxy) is 2. The molecule has 0 aliphatic heterocycles. The number of hydrogen-bond acceptors (Lipinski definition) is 14. The van der Waals surface area contributed by atoms with Crippen molar-refractivity contribution in [1.29, 1.82) is 0 Å². The van der Waals surface area contributed by atoms with Gasteiger partial charge in [-0.3, -0.25) is 14.4 Å². The summed E-state index contributed by atoms with van der Waals surface area (Å²) in [5.74, 6) is -3.56. The van der Waals surface area contributed by atoms with Crippen LogP contribution in [0.15, 0.2) is 72.8 Å². The van der Waals surface area contributed by atoms with Crippen molar-refractivity contribution in [2.24, 2.45) is 7.05 Å². The van der Waals surface area contributed by atoms with E-state index in [2.05, 4.69) is 57.1 Å². The lowest BCUT2D eigenvalue weighted by atomic mass is 10.1. The number of alkyl halides is 3. The van der Waals surface area contributed by atoms with E-state index >= 15 is 0 Å². The highest BCUT2D eigenvalue weighted by molar-refractivity contribution is 6.39. The number of hydrogen-bond donors (Lipinski definition) is 5. The summed E-state index contributed by atoms with van der Waals surface area (Å²) in [6.07, 6.45) is -3.25. The second-order valence-corrected chi connectivity index (χ2v) is 12.9. The van der Waals surface area contributed by atoms with Gasteiger partial charge in [0.1, 0.15) is 6.04 Å². The molecule has 18 nitrogen and oxygen atoms in total. The van der Waals surface area contributed by atoms with Crippen LogP contribution in [0.1, 0.15) is 28.8 Å². The van der Waals surface area contributed by atoms with Gasteiger partial charge in [0.15, 0.2) is 12.4 Å². The molecule has 0 spiro atoms. The van der Waals surface area contributed by atoms with Crippen LogP contribution in [0.3, 0.4) is 0 Å². The lowest BCUT2D eigenvalue weighted by Crippen LogP contribution is -2.50. The van der Waals surface area contributed by atoms with E-state index in [4.69, 9.17) is 21.1 Å². The number of carbonyl (C=O) groups is 4. The van der Waals surface area contributed by atoms with Crippen LogP contribution in [0, 0.1) is 0 Å². The fourth-order valence-corrected chi connectivity index (χ4v) is 5.48. The number of tetrazole rings is 1. The molecule has 6 rings (SSSR count). The van der Waals surface area contributed by atoms with Gasteiger partial charge < -0.3 is 36.1 Å². The first-order valence-corrected chi connectivity index (χ1v) is 17.3. The second kappa shape index (κ2) is 16.9. The third kappa shape index (κ3) is 10.4. The predicted molar refractivity (Wildman–Crippen MR) is 196 cm³/mol. The number of aromatic nitrogens is 7. The Hall–Kier alpha value is -6.90. The zero-order chi connectivity index (χ0) is 40.7. The number of halogens is 4. The van der Waals surface area contributed by atoms with Gasteiger partial charge >= 0.3 is 30.0 Å².